The van der Waals surface area contributed by atoms with Gasteiger partial charge in [0, 0.05) is 39.3 Å². The Labute approximate surface area is 141 Å². The summed E-state index contributed by atoms with van der Waals surface area (Å²) in [6.45, 7) is 4.05. The van der Waals surface area contributed by atoms with Crippen LogP contribution in [0.5, 0.6) is 0 Å². The molecule has 0 aliphatic carbocycles. The van der Waals surface area contributed by atoms with Gasteiger partial charge in [-0.15, -0.1) is 10.2 Å². The van der Waals surface area contributed by atoms with E-state index in [-0.39, 0.29) is 5.91 Å². The minimum absolute atomic E-state index is 0.0792. The highest BCUT2D eigenvalue weighted by Crippen LogP contribution is 2.17. The van der Waals surface area contributed by atoms with Gasteiger partial charge in [-0.25, -0.2) is 0 Å². The van der Waals surface area contributed by atoms with E-state index in [0.29, 0.717) is 17.9 Å². The van der Waals surface area contributed by atoms with Gasteiger partial charge >= 0.3 is 0 Å². The van der Waals surface area contributed by atoms with E-state index in [9.17, 15) is 4.79 Å². The molecule has 0 radical (unpaired) electrons. The summed E-state index contributed by atoms with van der Waals surface area (Å²) in [5.74, 6) is 0.471. The highest BCUT2D eigenvalue weighted by Gasteiger charge is 2.24. The molecule has 7 nitrogen and oxygen atoms in total. The summed E-state index contributed by atoms with van der Waals surface area (Å²) in [4.78, 5) is 14.5. The van der Waals surface area contributed by atoms with Gasteiger partial charge in [-0.1, -0.05) is 11.8 Å². The fourth-order valence-corrected chi connectivity index (χ4v) is 3.84. The summed E-state index contributed by atoms with van der Waals surface area (Å²) in [5, 5.41) is 11.7. The third-order valence-electron chi connectivity index (χ3n) is 4.44. The lowest BCUT2D eigenvalue weighted by Crippen LogP contribution is -2.46. The van der Waals surface area contributed by atoms with Crippen molar-refractivity contribution in [3.8, 4) is 0 Å². The number of hydrogen-bond acceptors (Lipinski definition) is 6. The maximum Gasteiger partial charge on any atom is 0.230 e. The average Bonchev–Trinajstić information content (AvgIpc) is 3.19. The molecule has 3 rings (SSSR count). The van der Waals surface area contributed by atoms with Gasteiger partial charge in [0.25, 0.3) is 0 Å². The number of nitrogens with one attached hydrogen (secondary N) is 1. The quantitative estimate of drug-likeness (QED) is 0.768. The molecule has 1 N–H and O–H groups in total. The van der Waals surface area contributed by atoms with Crippen molar-refractivity contribution in [2.75, 3.05) is 32.0 Å². The molecule has 2 aliphatic heterocycles. The standard InChI is InChI=1S/C15H25N5O2S/c1-19-11-16-18-15(19)23-10-14(21)17-12-4-6-20(7-5-12)9-13-3-2-8-22-13/h11-13H,2-10H2,1H3,(H,17,21). The Balaban J connectivity index is 1.33. The lowest BCUT2D eigenvalue weighted by atomic mass is 10.0. The zero-order chi connectivity index (χ0) is 16.1. The second-order valence-electron chi connectivity index (χ2n) is 6.29. The maximum absolute atomic E-state index is 12.1. The molecule has 1 aromatic rings. The van der Waals surface area contributed by atoms with Crippen molar-refractivity contribution >= 4 is 17.7 Å². The molecule has 3 heterocycles. The van der Waals surface area contributed by atoms with E-state index >= 15 is 0 Å². The minimum Gasteiger partial charge on any atom is -0.377 e. The summed E-state index contributed by atoms with van der Waals surface area (Å²) >= 11 is 1.42. The van der Waals surface area contributed by atoms with Crippen LogP contribution in [0.25, 0.3) is 0 Å². The van der Waals surface area contributed by atoms with Crippen LogP contribution in [0.3, 0.4) is 0 Å². The van der Waals surface area contributed by atoms with Gasteiger partial charge in [0.1, 0.15) is 6.33 Å². The second-order valence-corrected chi connectivity index (χ2v) is 7.23. The molecule has 2 saturated heterocycles. The molecule has 2 fully saturated rings. The van der Waals surface area contributed by atoms with Crippen molar-refractivity contribution in [1.29, 1.82) is 0 Å². The first-order valence-corrected chi connectivity index (χ1v) is 9.29. The van der Waals surface area contributed by atoms with Crippen molar-refractivity contribution in [2.45, 2.75) is 43.0 Å². The van der Waals surface area contributed by atoms with Crippen LogP contribution in [0.2, 0.25) is 0 Å². The maximum atomic E-state index is 12.1. The molecule has 1 aromatic heterocycles. The fraction of sp³-hybridized carbons (Fsp3) is 0.800. The molecule has 23 heavy (non-hydrogen) atoms. The summed E-state index contributed by atoms with van der Waals surface area (Å²) in [5.41, 5.74) is 0. The summed E-state index contributed by atoms with van der Waals surface area (Å²) in [6.07, 6.45) is 6.49. The molecule has 1 amide bonds. The lowest BCUT2D eigenvalue weighted by Gasteiger charge is -2.33. The number of aromatic nitrogens is 3. The average molecular weight is 339 g/mol. The lowest BCUT2D eigenvalue weighted by molar-refractivity contribution is -0.119. The van der Waals surface area contributed by atoms with Gasteiger partial charge < -0.3 is 19.5 Å². The van der Waals surface area contributed by atoms with E-state index in [0.717, 1.165) is 44.2 Å². The first kappa shape index (κ1) is 16.7. The van der Waals surface area contributed by atoms with Gasteiger partial charge in [-0.2, -0.15) is 0 Å². The molecule has 8 heteroatoms. The van der Waals surface area contributed by atoms with Crippen LogP contribution < -0.4 is 5.32 Å². The van der Waals surface area contributed by atoms with Crippen molar-refractivity contribution in [2.24, 2.45) is 7.05 Å². The van der Waals surface area contributed by atoms with Crippen molar-refractivity contribution in [3.05, 3.63) is 6.33 Å². The number of amides is 1. The molecular formula is C15H25N5O2S. The van der Waals surface area contributed by atoms with E-state index in [1.807, 2.05) is 11.6 Å². The number of hydrogen-bond donors (Lipinski definition) is 1. The van der Waals surface area contributed by atoms with Gasteiger partial charge in [0.15, 0.2) is 5.16 Å². The number of ether oxygens (including phenoxy) is 1. The van der Waals surface area contributed by atoms with Crippen LogP contribution in [0, 0.1) is 0 Å². The van der Waals surface area contributed by atoms with Gasteiger partial charge in [-0.3, -0.25) is 4.79 Å². The summed E-state index contributed by atoms with van der Waals surface area (Å²) < 4.78 is 7.52. The molecular weight excluding hydrogens is 314 g/mol. The first-order chi connectivity index (χ1) is 11.2. The van der Waals surface area contributed by atoms with Crippen molar-refractivity contribution in [1.82, 2.24) is 25.0 Å². The highest BCUT2D eigenvalue weighted by atomic mass is 32.2. The second kappa shape index (κ2) is 8.12. The number of aryl methyl sites for hydroxylation is 1. The summed E-state index contributed by atoms with van der Waals surface area (Å²) in [6, 6.07) is 0.295. The van der Waals surface area contributed by atoms with Crippen LogP contribution in [0.4, 0.5) is 0 Å². The number of nitrogens with zero attached hydrogens (tertiary/aromatic N) is 4. The van der Waals surface area contributed by atoms with Crippen LogP contribution >= 0.6 is 11.8 Å². The van der Waals surface area contributed by atoms with E-state index in [2.05, 4.69) is 20.4 Å². The monoisotopic (exact) mass is 339 g/mol. The third kappa shape index (κ3) is 4.92. The third-order valence-corrected chi connectivity index (χ3v) is 5.48. The van der Waals surface area contributed by atoms with E-state index in [1.54, 1.807) is 6.33 Å². The number of likely N-dealkylation sites (tertiary alicyclic amines) is 1. The van der Waals surface area contributed by atoms with Crippen LogP contribution in [-0.4, -0.2) is 69.7 Å². The first-order valence-electron chi connectivity index (χ1n) is 8.31. The Hall–Kier alpha value is -1.12. The topological polar surface area (TPSA) is 72.3 Å². The molecule has 0 spiro atoms. The molecule has 2 aliphatic rings. The van der Waals surface area contributed by atoms with E-state index in [1.165, 1.54) is 24.6 Å². The minimum atomic E-state index is 0.0792. The summed E-state index contributed by atoms with van der Waals surface area (Å²) in [7, 11) is 1.88. The smallest absolute Gasteiger partial charge is 0.230 e. The SMILES string of the molecule is Cn1cnnc1SCC(=O)NC1CCN(CC2CCCO2)CC1. The predicted octanol–water partition coefficient (Wildman–Crippen LogP) is 0.667. The van der Waals surface area contributed by atoms with Gasteiger partial charge in [0.05, 0.1) is 11.9 Å². The zero-order valence-corrected chi connectivity index (χ0v) is 14.4. The molecule has 0 bridgehead atoms. The molecule has 1 atom stereocenters. The Bertz CT molecular complexity index is 510. The molecule has 0 saturated carbocycles. The van der Waals surface area contributed by atoms with E-state index < -0.39 is 0 Å². The number of thioether (sulfide) groups is 1. The zero-order valence-electron chi connectivity index (χ0n) is 13.6. The predicted molar refractivity (Wildman–Crippen MR) is 88.3 cm³/mol. The fourth-order valence-electron chi connectivity index (χ4n) is 3.14. The highest BCUT2D eigenvalue weighted by molar-refractivity contribution is 7.99. The Morgan fingerprint density at radius 1 is 1.43 bits per heavy atom. The Kier molecular flexibility index (Phi) is 5.91. The number of carbonyl (C=O) groups is 1. The van der Waals surface area contributed by atoms with Crippen LogP contribution in [0.1, 0.15) is 25.7 Å². The number of carbonyl (C=O) groups excluding carboxylic acids is 1. The molecule has 128 valence electrons. The largest absolute Gasteiger partial charge is 0.377 e. The Morgan fingerprint density at radius 3 is 2.91 bits per heavy atom. The normalized spacial score (nSPS) is 23.3. The molecule has 1 unspecified atom stereocenters. The van der Waals surface area contributed by atoms with Gasteiger partial charge in [-0.05, 0) is 25.7 Å². The Morgan fingerprint density at radius 2 is 2.26 bits per heavy atom. The van der Waals surface area contributed by atoms with E-state index in [4.69, 9.17) is 4.74 Å². The van der Waals surface area contributed by atoms with Crippen LogP contribution in [0.15, 0.2) is 11.5 Å². The van der Waals surface area contributed by atoms with Crippen molar-refractivity contribution < 1.29 is 9.53 Å². The number of rotatable bonds is 6. The van der Waals surface area contributed by atoms with Crippen molar-refractivity contribution in [3.63, 3.8) is 0 Å². The van der Waals surface area contributed by atoms with Gasteiger partial charge in [0.2, 0.25) is 5.91 Å². The molecule has 0 aromatic carbocycles. The number of piperidine rings is 1. The van der Waals surface area contributed by atoms with Crippen LogP contribution in [-0.2, 0) is 16.6 Å².